The molecule has 1 aromatic heterocycles. The third-order valence-electron chi connectivity index (χ3n) is 2.88. The molecule has 0 fully saturated rings. The lowest BCUT2D eigenvalue weighted by Gasteiger charge is -2.10. The van der Waals surface area contributed by atoms with Gasteiger partial charge in [0.25, 0.3) is 0 Å². The molecule has 0 bridgehead atoms. The first-order valence-electron chi connectivity index (χ1n) is 6.01. The Morgan fingerprint density at radius 2 is 1.68 bits per heavy atom. The maximum atomic E-state index is 12.8. The predicted octanol–water partition coefficient (Wildman–Crippen LogP) is 2.06. The van der Waals surface area contributed by atoms with E-state index in [2.05, 4.69) is 0 Å². The van der Waals surface area contributed by atoms with Crippen molar-refractivity contribution in [3.63, 3.8) is 0 Å². The van der Waals surface area contributed by atoms with Gasteiger partial charge in [0.1, 0.15) is 5.82 Å². The number of rotatable bonds is 4. The molecule has 1 aromatic carbocycles. The Morgan fingerprint density at radius 1 is 1.11 bits per heavy atom. The highest BCUT2D eigenvalue weighted by molar-refractivity contribution is 5.94. The molecule has 0 aliphatic rings. The summed E-state index contributed by atoms with van der Waals surface area (Å²) in [6.45, 7) is 0.249. The molecule has 0 saturated carbocycles. The fraction of sp³-hybridized carbons (Fsp3) is 0.200. The molecule has 0 aliphatic carbocycles. The molecule has 0 N–H and O–H groups in total. The third-order valence-corrected chi connectivity index (χ3v) is 2.88. The topological polar surface area (TPSA) is 24.2 Å². The summed E-state index contributed by atoms with van der Waals surface area (Å²) < 4.78 is 14.6. The number of pyridine rings is 1. The number of hydrogen-bond donors (Lipinski definition) is 0. The first-order valence-corrected chi connectivity index (χ1v) is 6.01. The lowest BCUT2D eigenvalue weighted by atomic mass is 10.1. The Morgan fingerprint density at radius 3 is 2.21 bits per heavy atom. The van der Waals surface area contributed by atoms with E-state index in [9.17, 15) is 9.18 Å². The van der Waals surface area contributed by atoms with E-state index in [0.717, 1.165) is 5.69 Å². The van der Waals surface area contributed by atoms with E-state index in [1.807, 2.05) is 43.5 Å². The molecule has 3 nitrogen and oxygen atoms in total. The number of Topliss-reactive ketones (excluding diaryl/α,β-unsaturated/α-hetero) is 1. The van der Waals surface area contributed by atoms with Gasteiger partial charge in [0, 0.05) is 37.5 Å². The summed E-state index contributed by atoms with van der Waals surface area (Å²) in [6.07, 6.45) is 3.72. The molecule has 2 aromatic rings. The number of nitrogens with zero attached hydrogens (tertiary/aromatic N) is 2. The predicted molar refractivity (Wildman–Crippen MR) is 71.7 cm³/mol. The number of carbonyl (C=O) groups is 1. The first kappa shape index (κ1) is 13.2. The SMILES string of the molecule is CN(C)c1cc[n+](CC(=O)c2ccc(F)cc2)cc1. The van der Waals surface area contributed by atoms with Gasteiger partial charge in [-0.3, -0.25) is 4.79 Å². The Bertz CT molecular complexity index is 562. The fourth-order valence-corrected chi connectivity index (χ4v) is 1.75. The minimum Gasteiger partial charge on any atom is -0.377 e. The van der Waals surface area contributed by atoms with E-state index < -0.39 is 0 Å². The van der Waals surface area contributed by atoms with Gasteiger partial charge in [-0.1, -0.05) is 0 Å². The standard InChI is InChI=1S/C15H16FN2O/c1-17(2)14-7-9-18(10-8-14)11-15(19)12-3-5-13(16)6-4-12/h3-10H,11H2,1-2H3/q+1. The highest BCUT2D eigenvalue weighted by Gasteiger charge is 2.12. The maximum Gasteiger partial charge on any atom is 0.227 e. The van der Waals surface area contributed by atoms with Crippen LogP contribution in [0, 0.1) is 5.82 Å². The zero-order valence-corrected chi connectivity index (χ0v) is 11.0. The molecular weight excluding hydrogens is 243 g/mol. The normalized spacial score (nSPS) is 10.3. The van der Waals surface area contributed by atoms with Crippen molar-refractivity contribution in [2.75, 3.05) is 19.0 Å². The summed E-state index contributed by atoms with van der Waals surface area (Å²) >= 11 is 0. The van der Waals surface area contributed by atoms with Gasteiger partial charge in [-0.05, 0) is 24.3 Å². The Kier molecular flexibility index (Phi) is 3.90. The number of anilines is 1. The van der Waals surface area contributed by atoms with Crippen molar-refractivity contribution in [3.8, 4) is 0 Å². The van der Waals surface area contributed by atoms with Crippen molar-refractivity contribution in [3.05, 3.63) is 60.2 Å². The quantitative estimate of drug-likeness (QED) is 0.620. The average molecular weight is 259 g/mol. The molecule has 0 saturated heterocycles. The maximum absolute atomic E-state index is 12.8. The van der Waals surface area contributed by atoms with Crippen LogP contribution < -0.4 is 9.47 Å². The van der Waals surface area contributed by atoms with Gasteiger partial charge in [0.05, 0.1) is 0 Å². The van der Waals surface area contributed by atoms with Crippen LogP contribution in [0.2, 0.25) is 0 Å². The smallest absolute Gasteiger partial charge is 0.227 e. The molecule has 0 spiro atoms. The van der Waals surface area contributed by atoms with E-state index in [1.165, 1.54) is 24.3 Å². The molecule has 98 valence electrons. The molecule has 0 aliphatic heterocycles. The summed E-state index contributed by atoms with van der Waals surface area (Å²) in [6, 6.07) is 9.49. The van der Waals surface area contributed by atoms with Gasteiger partial charge in [0.2, 0.25) is 12.3 Å². The first-order chi connectivity index (χ1) is 9.06. The molecule has 0 radical (unpaired) electrons. The fourth-order valence-electron chi connectivity index (χ4n) is 1.75. The summed E-state index contributed by atoms with van der Waals surface area (Å²) in [5.74, 6) is -0.373. The number of ketones is 1. The number of aromatic nitrogens is 1. The molecule has 19 heavy (non-hydrogen) atoms. The van der Waals surface area contributed by atoms with Crippen LogP contribution in [0.25, 0.3) is 0 Å². The van der Waals surface area contributed by atoms with E-state index >= 15 is 0 Å². The molecule has 0 unspecified atom stereocenters. The van der Waals surface area contributed by atoms with Crippen LogP contribution in [-0.4, -0.2) is 19.9 Å². The second kappa shape index (κ2) is 5.61. The van der Waals surface area contributed by atoms with Crippen molar-refractivity contribution < 1.29 is 13.8 Å². The van der Waals surface area contributed by atoms with Crippen LogP contribution in [0.15, 0.2) is 48.8 Å². The molecular formula is C15H16FN2O+. The highest BCUT2D eigenvalue weighted by Crippen LogP contribution is 2.07. The number of halogens is 1. The zero-order chi connectivity index (χ0) is 13.8. The summed E-state index contributed by atoms with van der Waals surface area (Å²) in [7, 11) is 3.92. The number of hydrogen-bond acceptors (Lipinski definition) is 2. The van der Waals surface area contributed by atoms with Gasteiger partial charge in [-0.15, -0.1) is 0 Å². The number of benzene rings is 1. The lowest BCUT2D eigenvalue weighted by molar-refractivity contribution is -0.683. The van der Waals surface area contributed by atoms with Crippen LogP contribution in [0.4, 0.5) is 10.1 Å². The second-order valence-corrected chi connectivity index (χ2v) is 4.55. The van der Waals surface area contributed by atoms with Crippen LogP contribution in [0.3, 0.4) is 0 Å². The highest BCUT2D eigenvalue weighted by atomic mass is 19.1. The second-order valence-electron chi connectivity index (χ2n) is 4.55. The third kappa shape index (κ3) is 3.37. The van der Waals surface area contributed by atoms with E-state index in [4.69, 9.17) is 0 Å². The molecule has 1 heterocycles. The van der Waals surface area contributed by atoms with Gasteiger partial charge in [-0.25, -0.2) is 4.39 Å². The van der Waals surface area contributed by atoms with Crippen molar-refractivity contribution in [1.29, 1.82) is 0 Å². The molecule has 4 heteroatoms. The van der Waals surface area contributed by atoms with Gasteiger partial charge in [-0.2, -0.15) is 4.57 Å². The van der Waals surface area contributed by atoms with Crippen molar-refractivity contribution in [2.45, 2.75) is 6.54 Å². The van der Waals surface area contributed by atoms with E-state index in [0.29, 0.717) is 5.56 Å². The summed E-state index contributed by atoms with van der Waals surface area (Å²) in [5, 5.41) is 0. The van der Waals surface area contributed by atoms with Crippen LogP contribution >= 0.6 is 0 Å². The van der Waals surface area contributed by atoms with E-state index in [1.54, 1.807) is 4.57 Å². The monoisotopic (exact) mass is 259 g/mol. The van der Waals surface area contributed by atoms with Gasteiger partial charge in [0.15, 0.2) is 12.4 Å². The molecule has 2 rings (SSSR count). The Hall–Kier alpha value is -2.23. The van der Waals surface area contributed by atoms with Crippen molar-refractivity contribution >= 4 is 11.5 Å². The molecule has 0 amide bonds. The van der Waals surface area contributed by atoms with Crippen molar-refractivity contribution in [1.82, 2.24) is 0 Å². The van der Waals surface area contributed by atoms with E-state index in [-0.39, 0.29) is 18.1 Å². The zero-order valence-electron chi connectivity index (χ0n) is 11.0. The minimum absolute atomic E-state index is 0.0393. The van der Waals surface area contributed by atoms with Crippen LogP contribution in [-0.2, 0) is 6.54 Å². The lowest BCUT2D eigenvalue weighted by Crippen LogP contribution is -2.37. The Labute approximate surface area is 111 Å². The Balaban J connectivity index is 2.08. The van der Waals surface area contributed by atoms with Crippen molar-refractivity contribution in [2.24, 2.45) is 0 Å². The summed E-state index contributed by atoms with van der Waals surface area (Å²) in [4.78, 5) is 14.0. The summed E-state index contributed by atoms with van der Waals surface area (Å²) in [5.41, 5.74) is 1.59. The van der Waals surface area contributed by atoms with Gasteiger partial charge >= 0.3 is 0 Å². The number of carbonyl (C=O) groups excluding carboxylic acids is 1. The molecule has 0 atom stereocenters. The average Bonchev–Trinajstić information content (AvgIpc) is 2.40. The van der Waals surface area contributed by atoms with Crippen LogP contribution in [0.1, 0.15) is 10.4 Å². The minimum atomic E-state index is -0.334. The van der Waals surface area contributed by atoms with Crippen LogP contribution in [0.5, 0.6) is 0 Å². The largest absolute Gasteiger partial charge is 0.377 e. The van der Waals surface area contributed by atoms with Gasteiger partial charge < -0.3 is 4.90 Å².